The van der Waals surface area contributed by atoms with Gasteiger partial charge in [-0.3, -0.25) is 4.90 Å². The van der Waals surface area contributed by atoms with E-state index in [0.717, 1.165) is 25.2 Å². The summed E-state index contributed by atoms with van der Waals surface area (Å²) in [5.41, 5.74) is 4.01. The first-order valence-electron chi connectivity index (χ1n) is 6.56. The highest BCUT2D eigenvalue weighted by atomic mass is 16.3. The highest BCUT2D eigenvalue weighted by Crippen LogP contribution is 2.21. The first-order valence-corrected chi connectivity index (χ1v) is 6.56. The highest BCUT2D eigenvalue weighted by molar-refractivity contribution is 5.50. The molecule has 0 unspecified atom stereocenters. The molecule has 0 atom stereocenters. The number of benzene rings is 2. The Balaban J connectivity index is 1.58. The van der Waals surface area contributed by atoms with Crippen molar-refractivity contribution in [2.24, 2.45) is 0 Å². The summed E-state index contributed by atoms with van der Waals surface area (Å²) in [5, 5.41) is 9.22. The van der Waals surface area contributed by atoms with Crippen LogP contribution in [0.4, 0.5) is 0 Å². The van der Waals surface area contributed by atoms with Crippen molar-refractivity contribution in [3.8, 4) is 5.75 Å². The number of nitrogens with zero attached hydrogens (tertiary/aromatic N) is 1. The smallest absolute Gasteiger partial charge is 0.115 e. The topological polar surface area (TPSA) is 23.5 Å². The molecule has 0 aromatic heterocycles. The fraction of sp³-hybridized carbons (Fsp3) is 0.176. The largest absolute Gasteiger partial charge is 0.508 e. The molecule has 2 heteroatoms. The molecule has 19 heavy (non-hydrogen) atoms. The number of hydrogen-bond donors (Lipinski definition) is 1. The van der Waals surface area contributed by atoms with Crippen molar-refractivity contribution >= 4 is 6.08 Å². The third-order valence-corrected chi connectivity index (χ3v) is 3.47. The van der Waals surface area contributed by atoms with Gasteiger partial charge in [0, 0.05) is 19.6 Å². The molecule has 2 nitrogen and oxygen atoms in total. The Bertz CT molecular complexity index is 561. The third kappa shape index (κ3) is 2.85. The predicted octanol–water partition coefficient (Wildman–Crippen LogP) is 3.42. The summed E-state index contributed by atoms with van der Waals surface area (Å²) in [5.74, 6) is 0.312. The van der Waals surface area contributed by atoms with Crippen molar-refractivity contribution in [3.05, 3.63) is 71.3 Å². The van der Waals surface area contributed by atoms with Gasteiger partial charge in [-0.25, -0.2) is 0 Å². The van der Waals surface area contributed by atoms with E-state index in [1.54, 1.807) is 12.1 Å². The minimum Gasteiger partial charge on any atom is -0.508 e. The lowest BCUT2D eigenvalue weighted by molar-refractivity contribution is 0.317. The van der Waals surface area contributed by atoms with Crippen LogP contribution in [0.2, 0.25) is 0 Å². The van der Waals surface area contributed by atoms with Crippen LogP contribution in [0.25, 0.3) is 6.08 Å². The van der Waals surface area contributed by atoms with Gasteiger partial charge in [-0.1, -0.05) is 48.6 Å². The van der Waals surface area contributed by atoms with Crippen LogP contribution in [0.5, 0.6) is 5.75 Å². The van der Waals surface area contributed by atoms with Gasteiger partial charge in [0.15, 0.2) is 0 Å². The number of rotatable bonds is 3. The van der Waals surface area contributed by atoms with E-state index in [2.05, 4.69) is 41.3 Å². The Hall–Kier alpha value is -2.06. The number of phenols is 1. The second-order valence-corrected chi connectivity index (χ2v) is 4.93. The zero-order valence-electron chi connectivity index (χ0n) is 10.8. The molecule has 0 spiro atoms. The summed E-state index contributed by atoms with van der Waals surface area (Å²) in [4.78, 5) is 2.42. The van der Waals surface area contributed by atoms with Crippen LogP contribution in [-0.2, 0) is 13.1 Å². The molecule has 2 aromatic rings. The minimum absolute atomic E-state index is 0.312. The molecule has 0 aliphatic carbocycles. The van der Waals surface area contributed by atoms with Crippen molar-refractivity contribution in [2.75, 3.05) is 6.54 Å². The SMILES string of the molecule is Oc1ccc(/C=C/CN2Cc3ccccc3C2)cc1. The summed E-state index contributed by atoms with van der Waals surface area (Å²) in [7, 11) is 0. The van der Waals surface area contributed by atoms with Crippen molar-refractivity contribution in [1.82, 2.24) is 4.90 Å². The minimum atomic E-state index is 0.312. The van der Waals surface area contributed by atoms with Crippen LogP contribution < -0.4 is 0 Å². The van der Waals surface area contributed by atoms with E-state index in [-0.39, 0.29) is 0 Å². The second kappa shape index (κ2) is 5.29. The standard InChI is InChI=1S/C17H17NO/c19-17-9-7-14(8-10-17)4-3-11-18-12-15-5-1-2-6-16(15)13-18/h1-10,19H,11-13H2/b4-3+. The third-order valence-electron chi connectivity index (χ3n) is 3.47. The Kier molecular flexibility index (Phi) is 3.34. The van der Waals surface area contributed by atoms with Crippen LogP contribution in [0, 0.1) is 0 Å². The van der Waals surface area contributed by atoms with Gasteiger partial charge < -0.3 is 5.11 Å². The van der Waals surface area contributed by atoms with E-state index in [4.69, 9.17) is 0 Å². The molecule has 1 aliphatic rings. The molecule has 1 aliphatic heterocycles. The van der Waals surface area contributed by atoms with Gasteiger partial charge in [-0.2, -0.15) is 0 Å². The zero-order chi connectivity index (χ0) is 13.1. The van der Waals surface area contributed by atoms with Crippen LogP contribution in [-0.4, -0.2) is 16.6 Å². The molecule has 0 bridgehead atoms. The lowest BCUT2D eigenvalue weighted by Gasteiger charge is -2.11. The zero-order valence-corrected chi connectivity index (χ0v) is 10.8. The van der Waals surface area contributed by atoms with Gasteiger partial charge >= 0.3 is 0 Å². The highest BCUT2D eigenvalue weighted by Gasteiger charge is 2.16. The first kappa shape index (κ1) is 12.0. The molecule has 0 saturated carbocycles. The van der Waals surface area contributed by atoms with Gasteiger partial charge in [-0.05, 0) is 28.8 Å². The fourth-order valence-electron chi connectivity index (χ4n) is 2.46. The quantitative estimate of drug-likeness (QED) is 0.903. The number of fused-ring (bicyclic) bond motifs is 1. The summed E-state index contributed by atoms with van der Waals surface area (Å²) < 4.78 is 0. The van der Waals surface area contributed by atoms with Gasteiger partial charge in [0.1, 0.15) is 5.75 Å². The van der Waals surface area contributed by atoms with Gasteiger partial charge in [0.05, 0.1) is 0 Å². The Labute approximate surface area is 113 Å². The second-order valence-electron chi connectivity index (χ2n) is 4.93. The average Bonchev–Trinajstić information content (AvgIpc) is 2.83. The Morgan fingerprint density at radius 3 is 2.21 bits per heavy atom. The molecular formula is C17H17NO. The van der Waals surface area contributed by atoms with E-state index < -0.39 is 0 Å². The summed E-state index contributed by atoms with van der Waals surface area (Å²) >= 11 is 0. The average molecular weight is 251 g/mol. The first-order chi connectivity index (χ1) is 9.31. The van der Waals surface area contributed by atoms with Gasteiger partial charge in [-0.15, -0.1) is 0 Å². The normalized spacial score (nSPS) is 14.9. The van der Waals surface area contributed by atoms with E-state index in [9.17, 15) is 5.11 Å². The lowest BCUT2D eigenvalue weighted by Crippen LogP contribution is -2.15. The van der Waals surface area contributed by atoms with Crippen LogP contribution >= 0.6 is 0 Å². The molecule has 0 saturated heterocycles. The number of hydrogen-bond acceptors (Lipinski definition) is 2. The maximum absolute atomic E-state index is 9.22. The van der Waals surface area contributed by atoms with Crippen LogP contribution in [0.15, 0.2) is 54.6 Å². The van der Waals surface area contributed by atoms with Gasteiger partial charge in [0.2, 0.25) is 0 Å². The maximum Gasteiger partial charge on any atom is 0.115 e. The molecule has 0 radical (unpaired) electrons. The molecule has 0 amide bonds. The predicted molar refractivity (Wildman–Crippen MR) is 77.7 cm³/mol. The summed E-state index contributed by atoms with van der Waals surface area (Å²) in [6.07, 6.45) is 4.28. The molecule has 2 aromatic carbocycles. The van der Waals surface area contributed by atoms with Crippen molar-refractivity contribution in [3.63, 3.8) is 0 Å². The Morgan fingerprint density at radius 1 is 0.947 bits per heavy atom. The summed E-state index contributed by atoms with van der Waals surface area (Å²) in [6.45, 7) is 3.03. The van der Waals surface area contributed by atoms with E-state index >= 15 is 0 Å². The van der Waals surface area contributed by atoms with Crippen molar-refractivity contribution in [1.29, 1.82) is 0 Å². The molecule has 96 valence electrons. The van der Waals surface area contributed by atoms with E-state index in [0.29, 0.717) is 5.75 Å². The van der Waals surface area contributed by atoms with E-state index in [1.165, 1.54) is 11.1 Å². The molecule has 1 N–H and O–H groups in total. The lowest BCUT2D eigenvalue weighted by atomic mass is 10.1. The molecule has 3 rings (SSSR count). The summed E-state index contributed by atoms with van der Waals surface area (Å²) in [6, 6.07) is 15.9. The maximum atomic E-state index is 9.22. The molecular weight excluding hydrogens is 234 g/mol. The van der Waals surface area contributed by atoms with E-state index in [1.807, 2.05) is 12.1 Å². The Morgan fingerprint density at radius 2 is 1.58 bits per heavy atom. The molecule has 1 heterocycles. The number of aromatic hydroxyl groups is 1. The van der Waals surface area contributed by atoms with Crippen molar-refractivity contribution < 1.29 is 5.11 Å². The van der Waals surface area contributed by atoms with Gasteiger partial charge in [0.25, 0.3) is 0 Å². The van der Waals surface area contributed by atoms with Crippen LogP contribution in [0.3, 0.4) is 0 Å². The van der Waals surface area contributed by atoms with Crippen molar-refractivity contribution in [2.45, 2.75) is 13.1 Å². The molecule has 0 fully saturated rings. The fourth-order valence-corrected chi connectivity index (χ4v) is 2.46. The number of phenolic OH excluding ortho intramolecular Hbond substituents is 1. The monoisotopic (exact) mass is 251 g/mol. The van der Waals surface area contributed by atoms with Crippen LogP contribution in [0.1, 0.15) is 16.7 Å².